The number of halogens is 2. The molecule has 1 aliphatic heterocycles. The quantitative estimate of drug-likeness (QED) is 0.384. The third-order valence-electron chi connectivity index (χ3n) is 6.06. The molecule has 1 saturated heterocycles. The van der Waals surface area contributed by atoms with Gasteiger partial charge >= 0.3 is 0 Å². The highest BCUT2D eigenvalue weighted by Crippen LogP contribution is 2.52. The zero-order chi connectivity index (χ0) is 20.8. The Bertz CT molecular complexity index is 1050. The van der Waals surface area contributed by atoms with E-state index >= 15 is 0 Å². The van der Waals surface area contributed by atoms with E-state index in [9.17, 15) is 9.59 Å². The van der Waals surface area contributed by atoms with Crippen molar-refractivity contribution in [2.45, 2.75) is 13.0 Å². The van der Waals surface area contributed by atoms with E-state index in [0.717, 1.165) is 22.6 Å². The summed E-state index contributed by atoms with van der Waals surface area (Å²) in [6.45, 7) is 0.319. The molecular formula is C23H18Cl2N2O3. The molecule has 2 aromatic carbocycles. The summed E-state index contributed by atoms with van der Waals surface area (Å²) in [6, 6.07) is 12.5. The van der Waals surface area contributed by atoms with Gasteiger partial charge < -0.3 is 4.74 Å². The minimum absolute atomic E-state index is 0.183. The van der Waals surface area contributed by atoms with Crippen LogP contribution in [0.2, 0.25) is 10.0 Å². The highest BCUT2D eigenvalue weighted by Gasteiger charge is 2.59. The van der Waals surface area contributed by atoms with E-state index in [0.29, 0.717) is 22.4 Å². The summed E-state index contributed by atoms with van der Waals surface area (Å²) in [4.78, 5) is 25.3. The van der Waals surface area contributed by atoms with Gasteiger partial charge in [-0.05, 0) is 60.2 Å². The van der Waals surface area contributed by atoms with Gasteiger partial charge in [0.15, 0.2) is 0 Å². The number of carbonyl (C=O) groups is 2. The van der Waals surface area contributed by atoms with Crippen LogP contribution in [0.5, 0.6) is 5.75 Å². The molecule has 3 aliphatic rings. The molecule has 7 heteroatoms. The van der Waals surface area contributed by atoms with Gasteiger partial charge in [-0.15, -0.1) is 0 Å². The minimum atomic E-state index is -0.236. The SMILES string of the molecule is O=C1[C@@H]2[C@@H](C(=O)N1/N=C\c1ccc(OCc3ccc(Cl)cc3Cl)cc1)[C@H]1C=C[C@H]2C1. The summed E-state index contributed by atoms with van der Waals surface area (Å²) in [5.74, 6) is 0.198. The maximum atomic E-state index is 12.6. The molecule has 2 amide bonds. The molecule has 0 aromatic heterocycles. The largest absolute Gasteiger partial charge is 0.489 e. The number of carbonyl (C=O) groups excluding carboxylic acids is 2. The number of rotatable bonds is 5. The smallest absolute Gasteiger partial charge is 0.254 e. The van der Waals surface area contributed by atoms with E-state index in [-0.39, 0.29) is 35.5 Å². The summed E-state index contributed by atoms with van der Waals surface area (Å²) in [6.07, 6.45) is 6.58. The fourth-order valence-electron chi connectivity index (χ4n) is 4.57. The van der Waals surface area contributed by atoms with Crippen molar-refractivity contribution in [1.82, 2.24) is 5.01 Å². The van der Waals surface area contributed by atoms with Crippen LogP contribution in [0.1, 0.15) is 17.5 Å². The van der Waals surface area contributed by atoms with Crippen LogP contribution in [-0.2, 0) is 16.2 Å². The van der Waals surface area contributed by atoms with Gasteiger partial charge in [0.05, 0.1) is 18.1 Å². The Hall–Kier alpha value is -2.63. The van der Waals surface area contributed by atoms with E-state index in [1.165, 1.54) is 6.21 Å². The second kappa shape index (κ2) is 7.56. The van der Waals surface area contributed by atoms with Crippen molar-refractivity contribution in [3.63, 3.8) is 0 Å². The highest BCUT2D eigenvalue weighted by atomic mass is 35.5. The molecule has 2 bridgehead atoms. The summed E-state index contributed by atoms with van der Waals surface area (Å²) < 4.78 is 5.76. The van der Waals surface area contributed by atoms with Gasteiger partial charge in [0, 0.05) is 15.6 Å². The lowest BCUT2D eigenvalue weighted by molar-refractivity contribution is -0.140. The van der Waals surface area contributed by atoms with Gasteiger partial charge in [0.25, 0.3) is 11.8 Å². The van der Waals surface area contributed by atoms with Gasteiger partial charge in [-0.1, -0.05) is 41.4 Å². The summed E-state index contributed by atoms with van der Waals surface area (Å²) in [5.41, 5.74) is 1.61. The molecule has 30 heavy (non-hydrogen) atoms. The Kier molecular flexibility index (Phi) is 4.88. The first-order valence-corrected chi connectivity index (χ1v) is 10.5. The van der Waals surface area contributed by atoms with Crippen LogP contribution in [0.4, 0.5) is 0 Å². The van der Waals surface area contributed by atoms with Crippen molar-refractivity contribution in [2.75, 3.05) is 0 Å². The first-order chi connectivity index (χ1) is 14.5. The first kappa shape index (κ1) is 19.3. The van der Waals surface area contributed by atoms with Crippen molar-refractivity contribution >= 4 is 41.2 Å². The third-order valence-corrected chi connectivity index (χ3v) is 6.65. The summed E-state index contributed by atoms with van der Waals surface area (Å²) in [5, 5.41) is 6.37. The molecule has 2 aromatic rings. The molecule has 0 spiro atoms. The standard InChI is InChI=1S/C23H18Cl2N2O3/c24-17-6-5-16(19(25)10-17)12-30-18-7-1-13(2-8-18)11-26-27-22(28)20-14-3-4-15(9-14)21(20)23(27)29/h1-8,10-11,14-15,20-21H,9,12H2/b26-11-/t14-,15-,20-,21-/m0/s1. The van der Waals surface area contributed by atoms with Crippen molar-refractivity contribution in [3.05, 3.63) is 75.8 Å². The van der Waals surface area contributed by atoms with Crippen molar-refractivity contribution in [1.29, 1.82) is 0 Å². The first-order valence-electron chi connectivity index (χ1n) is 9.78. The molecule has 0 unspecified atom stereocenters. The van der Waals surface area contributed by atoms with Gasteiger partial charge in [-0.3, -0.25) is 9.59 Å². The van der Waals surface area contributed by atoms with E-state index < -0.39 is 0 Å². The lowest BCUT2D eigenvalue weighted by Crippen LogP contribution is -2.28. The molecule has 0 radical (unpaired) electrons. The van der Waals surface area contributed by atoms with Crippen LogP contribution in [0, 0.1) is 23.7 Å². The number of imide groups is 1. The molecule has 1 saturated carbocycles. The monoisotopic (exact) mass is 440 g/mol. The van der Waals surface area contributed by atoms with Crippen molar-refractivity contribution < 1.29 is 14.3 Å². The van der Waals surface area contributed by atoms with Gasteiger partial charge in [-0.25, -0.2) is 0 Å². The molecule has 2 fully saturated rings. The predicted octanol–water partition coefficient (Wildman–Crippen LogP) is 4.71. The lowest BCUT2D eigenvalue weighted by Gasteiger charge is -2.13. The zero-order valence-corrected chi connectivity index (χ0v) is 17.4. The van der Waals surface area contributed by atoms with Gasteiger partial charge in [-0.2, -0.15) is 10.1 Å². The Labute approximate surface area is 183 Å². The molecule has 1 heterocycles. The number of fused-ring (bicyclic) bond motifs is 5. The Morgan fingerprint density at radius 3 is 2.30 bits per heavy atom. The number of nitrogens with zero attached hydrogens (tertiary/aromatic N) is 2. The fraction of sp³-hybridized carbons (Fsp3) is 0.261. The highest BCUT2D eigenvalue weighted by molar-refractivity contribution is 6.35. The number of ether oxygens (including phenoxy) is 1. The maximum Gasteiger partial charge on any atom is 0.254 e. The van der Waals surface area contributed by atoms with E-state index in [1.54, 1.807) is 24.3 Å². The molecule has 5 rings (SSSR count). The number of allylic oxidation sites excluding steroid dienone is 2. The summed E-state index contributed by atoms with van der Waals surface area (Å²) >= 11 is 12.1. The Morgan fingerprint density at radius 1 is 1.00 bits per heavy atom. The van der Waals surface area contributed by atoms with Crippen LogP contribution < -0.4 is 4.74 Å². The summed E-state index contributed by atoms with van der Waals surface area (Å²) in [7, 11) is 0. The second-order valence-corrected chi connectivity index (χ2v) is 8.67. The van der Waals surface area contributed by atoms with Crippen molar-refractivity contribution in [3.8, 4) is 5.75 Å². The van der Waals surface area contributed by atoms with Gasteiger partial charge in [0.1, 0.15) is 12.4 Å². The van der Waals surface area contributed by atoms with Crippen LogP contribution in [0.15, 0.2) is 59.7 Å². The molecular weight excluding hydrogens is 423 g/mol. The molecule has 152 valence electrons. The number of hydrazone groups is 1. The molecule has 2 aliphatic carbocycles. The average Bonchev–Trinajstić information content (AvgIpc) is 3.41. The average molecular weight is 441 g/mol. The molecule has 5 nitrogen and oxygen atoms in total. The topological polar surface area (TPSA) is 59.0 Å². The van der Waals surface area contributed by atoms with E-state index in [1.807, 2.05) is 18.2 Å². The van der Waals surface area contributed by atoms with Crippen LogP contribution in [0.3, 0.4) is 0 Å². The van der Waals surface area contributed by atoms with Gasteiger partial charge in [0.2, 0.25) is 0 Å². The fourth-order valence-corrected chi connectivity index (χ4v) is 5.04. The molecule has 0 N–H and O–H groups in total. The number of benzene rings is 2. The van der Waals surface area contributed by atoms with Crippen LogP contribution >= 0.6 is 23.2 Å². The minimum Gasteiger partial charge on any atom is -0.489 e. The maximum absolute atomic E-state index is 12.6. The van der Waals surface area contributed by atoms with Crippen LogP contribution in [-0.4, -0.2) is 23.0 Å². The molecule has 4 atom stereocenters. The Morgan fingerprint density at radius 2 is 1.67 bits per heavy atom. The Balaban J connectivity index is 1.23. The number of amides is 2. The van der Waals surface area contributed by atoms with E-state index in [2.05, 4.69) is 17.3 Å². The van der Waals surface area contributed by atoms with Crippen molar-refractivity contribution in [2.24, 2.45) is 28.8 Å². The third kappa shape index (κ3) is 3.32. The predicted molar refractivity (Wildman–Crippen MR) is 114 cm³/mol. The van der Waals surface area contributed by atoms with Crippen LogP contribution in [0.25, 0.3) is 0 Å². The number of hydrogen-bond acceptors (Lipinski definition) is 4. The normalized spacial score (nSPS) is 26.8. The van der Waals surface area contributed by atoms with E-state index in [4.69, 9.17) is 27.9 Å². The zero-order valence-electron chi connectivity index (χ0n) is 15.9. The number of hydrogen-bond donors (Lipinski definition) is 0. The lowest BCUT2D eigenvalue weighted by atomic mass is 9.85. The second-order valence-electron chi connectivity index (χ2n) is 7.83.